The molecule has 1 atom stereocenters. The first-order chi connectivity index (χ1) is 9.53. The molecule has 0 spiro atoms. The minimum atomic E-state index is -4.10. The van der Waals surface area contributed by atoms with Crippen LogP contribution in [0.25, 0.3) is 0 Å². The van der Waals surface area contributed by atoms with E-state index in [0.29, 0.717) is 11.5 Å². The van der Waals surface area contributed by atoms with E-state index in [1.165, 1.54) is 0 Å². The van der Waals surface area contributed by atoms with Crippen LogP contribution in [-0.4, -0.2) is 31.0 Å². The van der Waals surface area contributed by atoms with Gasteiger partial charge in [-0.15, -0.1) is 0 Å². The van der Waals surface area contributed by atoms with Gasteiger partial charge in [-0.25, -0.2) is 0 Å². The number of ether oxygens (including phenoxy) is 2. The van der Waals surface area contributed by atoms with Crippen molar-refractivity contribution in [1.82, 2.24) is 4.90 Å². The first kappa shape index (κ1) is 13.5. The molecule has 1 fully saturated rings. The molecule has 3 rings (SSSR count). The monoisotopic (exact) mass is 287 g/mol. The number of likely N-dealkylation sites (tertiary alicyclic amines) is 1. The highest BCUT2D eigenvalue weighted by Crippen LogP contribution is 2.39. The van der Waals surface area contributed by atoms with Gasteiger partial charge in [-0.3, -0.25) is 4.90 Å². The van der Waals surface area contributed by atoms with Gasteiger partial charge in [0, 0.05) is 12.6 Å². The van der Waals surface area contributed by atoms with E-state index in [9.17, 15) is 13.2 Å². The second-order valence-corrected chi connectivity index (χ2v) is 5.17. The summed E-state index contributed by atoms with van der Waals surface area (Å²) in [5, 5.41) is 0. The van der Waals surface area contributed by atoms with Gasteiger partial charge in [0.15, 0.2) is 11.5 Å². The smallest absolute Gasteiger partial charge is 0.390 e. The molecule has 0 aromatic heterocycles. The van der Waals surface area contributed by atoms with E-state index < -0.39 is 12.6 Å². The Hall–Kier alpha value is -1.43. The summed E-state index contributed by atoms with van der Waals surface area (Å²) in [6.07, 6.45) is -3.04. The van der Waals surface area contributed by atoms with Crippen molar-refractivity contribution in [1.29, 1.82) is 0 Å². The minimum Gasteiger partial charge on any atom is -0.454 e. The summed E-state index contributed by atoms with van der Waals surface area (Å²) in [6.45, 7) is 0.985. The Balaban J connectivity index is 1.72. The van der Waals surface area contributed by atoms with Crippen molar-refractivity contribution in [2.24, 2.45) is 0 Å². The van der Waals surface area contributed by atoms with Gasteiger partial charge in [0.25, 0.3) is 0 Å². The van der Waals surface area contributed by atoms with Gasteiger partial charge in [-0.2, -0.15) is 13.2 Å². The largest absolute Gasteiger partial charge is 0.454 e. The molecule has 0 amide bonds. The summed E-state index contributed by atoms with van der Waals surface area (Å²) in [6, 6.07) is 5.69. The molecule has 0 saturated carbocycles. The molecule has 0 bridgehead atoms. The molecular weight excluding hydrogens is 271 g/mol. The highest BCUT2D eigenvalue weighted by molar-refractivity contribution is 5.45. The Morgan fingerprint density at radius 2 is 2.00 bits per heavy atom. The molecule has 2 aliphatic heterocycles. The number of benzene rings is 1. The van der Waals surface area contributed by atoms with Gasteiger partial charge in [0.1, 0.15) is 0 Å². The van der Waals surface area contributed by atoms with Crippen LogP contribution in [0.5, 0.6) is 11.5 Å². The van der Waals surface area contributed by atoms with E-state index >= 15 is 0 Å². The molecule has 0 aliphatic carbocycles. The lowest BCUT2D eigenvalue weighted by Crippen LogP contribution is -2.28. The van der Waals surface area contributed by atoms with Crippen LogP contribution in [0.1, 0.15) is 30.9 Å². The van der Waals surface area contributed by atoms with Gasteiger partial charge >= 0.3 is 6.18 Å². The lowest BCUT2D eigenvalue weighted by atomic mass is 10.0. The van der Waals surface area contributed by atoms with Crippen LogP contribution in [0, 0.1) is 0 Å². The highest BCUT2D eigenvalue weighted by Gasteiger charge is 2.32. The van der Waals surface area contributed by atoms with Crippen molar-refractivity contribution in [2.45, 2.75) is 31.5 Å². The number of hydrogen-bond donors (Lipinski definition) is 0. The van der Waals surface area contributed by atoms with Crippen molar-refractivity contribution in [3.05, 3.63) is 23.8 Å². The second-order valence-electron chi connectivity index (χ2n) is 5.17. The summed E-state index contributed by atoms with van der Waals surface area (Å²) >= 11 is 0. The van der Waals surface area contributed by atoms with Crippen LogP contribution in [0.3, 0.4) is 0 Å². The van der Waals surface area contributed by atoms with E-state index in [-0.39, 0.29) is 19.4 Å². The predicted molar refractivity (Wildman–Crippen MR) is 66.8 cm³/mol. The number of rotatable bonds is 3. The standard InChI is InChI=1S/C14H16F3NO2/c15-14(16,17)5-7-18-6-1-2-11(18)10-3-4-12-13(8-10)20-9-19-12/h3-4,8,11H,1-2,5-7,9H2/t11-/m1/s1. The molecule has 2 heterocycles. The predicted octanol–water partition coefficient (Wildman–Crippen LogP) is 3.50. The van der Waals surface area contributed by atoms with Gasteiger partial charge < -0.3 is 9.47 Å². The molecule has 0 unspecified atom stereocenters. The van der Waals surface area contributed by atoms with Gasteiger partial charge in [-0.1, -0.05) is 6.07 Å². The van der Waals surface area contributed by atoms with Gasteiger partial charge in [0.05, 0.1) is 6.42 Å². The summed E-state index contributed by atoms with van der Waals surface area (Å²) in [5.74, 6) is 1.39. The summed E-state index contributed by atoms with van der Waals surface area (Å²) in [4.78, 5) is 1.91. The lowest BCUT2D eigenvalue weighted by Gasteiger charge is -2.25. The molecule has 3 nitrogen and oxygen atoms in total. The van der Waals surface area contributed by atoms with E-state index in [1.54, 1.807) is 0 Å². The van der Waals surface area contributed by atoms with E-state index in [0.717, 1.165) is 24.9 Å². The second kappa shape index (κ2) is 5.16. The number of hydrogen-bond acceptors (Lipinski definition) is 3. The molecule has 6 heteroatoms. The maximum absolute atomic E-state index is 12.4. The zero-order chi connectivity index (χ0) is 14.2. The summed E-state index contributed by atoms with van der Waals surface area (Å²) in [5.41, 5.74) is 1.01. The van der Waals surface area contributed by atoms with Gasteiger partial charge in [-0.05, 0) is 37.1 Å². The number of nitrogens with zero attached hydrogens (tertiary/aromatic N) is 1. The van der Waals surface area contributed by atoms with Crippen LogP contribution in [0.2, 0.25) is 0 Å². The first-order valence-corrected chi connectivity index (χ1v) is 6.73. The molecule has 1 aromatic carbocycles. The minimum absolute atomic E-state index is 0.0480. The van der Waals surface area contributed by atoms with E-state index in [2.05, 4.69) is 0 Å². The first-order valence-electron chi connectivity index (χ1n) is 6.73. The zero-order valence-corrected chi connectivity index (χ0v) is 10.9. The van der Waals surface area contributed by atoms with Gasteiger partial charge in [0.2, 0.25) is 6.79 Å². The Bertz CT molecular complexity index is 490. The van der Waals surface area contributed by atoms with Crippen LogP contribution in [-0.2, 0) is 0 Å². The third-order valence-corrected chi connectivity index (χ3v) is 3.83. The fourth-order valence-electron chi connectivity index (χ4n) is 2.86. The SMILES string of the molecule is FC(F)(F)CCN1CCC[C@@H]1c1ccc2c(c1)OCO2. The quantitative estimate of drug-likeness (QED) is 0.849. The number of fused-ring (bicyclic) bond motifs is 1. The number of halogens is 3. The van der Waals surface area contributed by atoms with Crippen molar-refractivity contribution < 1.29 is 22.6 Å². The Labute approximate surface area is 115 Å². The Morgan fingerprint density at radius 3 is 2.80 bits per heavy atom. The Morgan fingerprint density at radius 1 is 1.20 bits per heavy atom. The van der Waals surface area contributed by atoms with Crippen molar-refractivity contribution in [2.75, 3.05) is 19.9 Å². The fourth-order valence-corrected chi connectivity index (χ4v) is 2.86. The average molecular weight is 287 g/mol. The molecule has 0 N–H and O–H groups in total. The summed E-state index contributed by atoms with van der Waals surface area (Å²) < 4.78 is 47.6. The molecular formula is C14H16F3NO2. The molecule has 110 valence electrons. The third kappa shape index (κ3) is 2.85. The van der Waals surface area contributed by atoms with Crippen molar-refractivity contribution in [3.63, 3.8) is 0 Å². The maximum Gasteiger partial charge on any atom is 0.390 e. The molecule has 0 radical (unpaired) electrons. The van der Waals surface area contributed by atoms with Crippen LogP contribution < -0.4 is 9.47 Å². The fraction of sp³-hybridized carbons (Fsp3) is 0.571. The topological polar surface area (TPSA) is 21.7 Å². The van der Waals surface area contributed by atoms with Crippen LogP contribution in [0.15, 0.2) is 18.2 Å². The normalized spacial score (nSPS) is 22.4. The number of alkyl halides is 3. The zero-order valence-electron chi connectivity index (χ0n) is 10.9. The van der Waals surface area contributed by atoms with Crippen molar-refractivity contribution >= 4 is 0 Å². The molecule has 1 saturated heterocycles. The summed E-state index contributed by atoms with van der Waals surface area (Å²) in [7, 11) is 0. The van der Waals surface area contributed by atoms with Crippen LogP contribution in [0.4, 0.5) is 13.2 Å². The Kier molecular flexibility index (Phi) is 3.50. The third-order valence-electron chi connectivity index (χ3n) is 3.83. The lowest BCUT2D eigenvalue weighted by molar-refractivity contribution is -0.138. The molecule has 1 aromatic rings. The highest BCUT2D eigenvalue weighted by atomic mass is 19.4. The van der Waals surface area contributed by atoms with E-state index in [4.69, 9.17) is 9.47 Å². The average Bonchev–Trinajstić information content (AvgIpc) is 3.03. The molecule has 20 heavy (non-hydrogen) atoms. The maximum atomic E-state index is 12.4. The van der Waals surface area contributed by atoms with E-state index in [1.807, 2.05) is 23.1 Å². The van der Waals surface area contributed by atoms with Crippen molar-refractivity contribution in [3.8, 4) is 11.5 Å². The molecule has 2 aliphatic rings. The van der Waals surface area contributed by atoms with Crippen LogP contribution >= 0.6 is 0 Å².